The maximum Gasteiger partial charge on any atom is 0.0494 e. The summed E-state index contributed by atoms with van der Waals surface area (Å²) in [6.07, 6.45) is 3.80. The van der Waals surface area contributed by atoms with Crippen molar-refractivity contribution < 1.29 is 4.74 Å². The number of rotatable bonds is 8. The van der Waals surface area contributed by atoms with Crippen LogP contribution in [0.2, 0.25) is 0 Å². The van der Waals surface area contributed by atoms with Crippen molar-refractivity contribution >= 4 is 21.6 Å². The van der Waals surface area contributed by atoms with Crippen molar-refractivity contribution in [3.63, 3.8) is 0 Å². The molecule has 0 aliphatic heterocycles. The molecule has 2 rings (SSSR count). The molecule has 0 unspecified atom stereocenters. The van der Waals surface area contributed by atoms with Crippen molar-refractivity contribution in [3.8, 4) is 0 Å². The molecule has 18 heavy (non-hydrogen) atoms. The molecule has 0 aromatic heterocycles. The van der Waals surface area contributed by atoms with E-state index in [4.69, 9.17) is 10.5 Å². The van der Waals surface area contributed by atoms with Gasteiger partial charge in [-0.1, -0.05) is 6.07 Å². The van der Waals surface area contributed by atoms with Crippen LogP contribution in [0.25, 0.3) is 0 Å². The van der Waals surface area contributed by atoms with Crippen molar-refractivity contribution in [3.05, 3.63) is 28.2 Å². The molecule has 4 heteroatoms. The van der Waals surface area contributed by atoms with Gasteiger partial charge in [0.05, 0.1) is 0 Å². The van der Waals surface area contributed by atoms with Crippen LogP contribution in [0.15, 0.2) is 22.7 Å². The highest BCUT2D eigenvalue weighted by Crippen LogP contribution is 2.28. The molecule has 1 aromatic rings. The van der Waals surface area contributed by atoms with Gasteiger partial charge in [-0.15, -0.1) is 0 Å². The predicted octanol–water partition coefficient (Wildman–Crippen LogP) is 2.94. The van der Waals surface area contributed by atoms with Crippen molar-refractivity contribution in [1.82, 2.24) is 5.32 Å². The Hall–Kier alpha value is -0.580. The first kappa shape index (κ1) is 13.8. The van der Waals surface area contributed by atoms with E-state index < -0.39 is 0 Å². The number of halogens is 1. The van der Waals surface area contributed by atoms with Crippen molar-refractivity contribution in [2.75, 3.05) is 25.5 Å². The summed E-state index contributed by atoms with van der Waals surface area (Å²) in [6.45, 7) is 3.70. The van der Waals surface area contributed by atoms with E-state index in [-0.39, 0.29) is 0 Å². The third-order valence-electron chi connectivity index (χ3n) is 3.09. The molecule has 0 radical (unpaired) electrons. The van der Waals surface area contributed by atoms with Gasteiger partial charge in [-0.05, 0) is 65.4 Å². The Kier molecular flexibility index (Phi) is 5.47. The van der Waals surface area contributed by atoms with E-state index in [0.29, 0.717) is 0 Å². The second kappa shape index (κ2) is 7.12. The molecule has 1 aromatic carbocycles. The van der Waals surface area contributed by atoms with Crippen LogP contribution in [0.1, 0.15) is 24.8 Å². The van der Waals surface area contributed by atoms with Crippen LogP contribution < -0.4 is 11.1 Å². The summed E-state index contributed by atoms with van der Waals surface area (Å²) in [6, 6.07) is 6.04. The summed E-state index contributed by atoms with van der Waals surface area (Å²) < 4.78 is 6.55. The Morgan fingerprint density at radius 1 is 1.39 bits per heavy atom. The molecular formula is C14H21BrN2O. The molecule has 1 aliphatic rings. The smallest absolute Gasteiger partial charge is 0.0494 e. The lowest BCUT2D eigenvalue weighted by Crippen LogP contribution is -2.16. The molecule has 0 saturated heterocycles. The van der Waals surface area contributed by atoms with Gasteiger partial charge in [0.25, 0.3) is 0 Å². The maximum absolute atomic E-state index is 5.74. The number of anilines is 1. The summed E-state index contributed by atoms with van der Waals surface area (Å²) in [5, 5.41) is 3.41. The first-order valence-corrected chi connectivity index (χ1v) is 7.37. The fourth-order valence-electron chi connectivity index (χ4n) is 1.75. The summed E-state index contributed by atoms with van der Waals surface area (Å²) in [7, 11) is 0. The highest BCUT2D eigenvalue weighted by Gasteiger charge is 2.20. The Labute approximate surface area is 117 Å². The molecule has 1 aliphatic carbocycles. The van der Waals surface area contributed by atoms with Gasteiger partial charge in [0.1, 0.15) is 0 Å². The number of nitrogens with one attached hydrogen (secondary N) is 1. The zero-order valence-corrected chi connectivity index (χ0v) is 12.2. The topological polar surface area (TPSA) is 47.3 Å². The predicted molar refractivity (Wildman–Crippen MR) is 78.4 cm³/mol. The minimum atomic E-state index is 0.784. The van der Waals surface area contributed by atoms with Gasteiger partial charge >= 0.3 is 0 Å². The summed E-state index contributed by atoms with van der Waals surface area (Å²) in [4.78, 5) is 0. The lowest BCUT2D eigenvalue weighted by atomic mass is 10.2. The lowest BCUT2D eigenvalue weighted by molar-refractivity contribution is 0.122. The number of benzene rings is 1. The van der Waals surface area contributed by atoms with Crippen LogP contribution in [0, 0.1) is 5.92 Å². The van der Waals surface area contributed by atoms with Gasteiger partial charge in [0.2, 0.25) is 0 Å². The Balaban J connectivity index is 1.52. The molecule has 1 fully saturated rings. The number of hydrogen-bond donors (Lipinski definition) is 2. The molecule has 0 bridgehead atoms. The van der Waals surface area contributed by atoms with Crippen molar-refractivity contribution in [1.29, 1.82) is 0 Å². The second-order valence-corrected chi connectivity index (χ2v) is 5.76. The number of ether oxygens (including phenoxy) is 1. The SMILES string of the molecule is Nc1ccc(CNCCCOCC2CC2)cc1Br. The van der Waals surface area contributed by atoms with Gasteiger partial charge in [-0.25, -0.2) is 0 Å². The van der Waals surface area contributed by atoms with E-state index in [2.05, 4.69) is 33.4 Å². The molecule has 0 amide bonds. The zero-order chi connectivity index (χ0) is 12.8. The van der Waals surface area contributed by atoms with Crippen LogP contribution in [0.5, 0.6) is 0 Å². The first-order chi connectivity index (χ1) is 8.75. The van der Waals surface area contributed by atoms with E-state index in [0.717, 1.165) is 48.8 Å². The Morgan fingerprint density at radius 2 is 2.22 bits per heavy atom. The van der Waals surface area contributed by atoms with Crippen LogP contribution in [-0.4, -0.2) is 19.8 Å². The van der Waals surface area contributed by atoms with Crippen molar-refractivity contribution in [2.24, 2.45) is 5.92 Å². The fourth-order valence-corrected chi connectivity index (χ4v) is 2.17. The Bertz CT molecular complexity index is 380. The lowest BCUT2D eigenvalue weighted by Gasteiger charge is -2.07. The van der Waals surface area contributed by atoms with Crippen LogP contribution >= 0.6 is 15.9 Å². The van der Waals surface area contributed by atoms with Gasteiger partial charge in [0, 0.05) is 29.9 Å². The average Bonchev–Trinajstić information content (AvgIpc) is 3.16. The zero-order valence-electron chi connectivity index (χ0n) is 10.6. The maximum atomic E-state index is 5.74. The summed E-state index contributed by atoms with van der Waals surface area (Å²) in [5.74, 6) is 0.866. The highest BCUT2D eigenvalue weighted by molar-refractivity contribution is 9.10. The summed E-state index contributed by atoms with van der Waals surface area (Å²) in [5.41, 5.74) is 7.77. The normalized spacial score (nSPS) is 14.9. The third kappa shape index (κ3) is 4.96. The first-order valence-electron chi connectivity index (χ1n) is 6.58. The number of hydrogen-bond acceptors (Lipinski definition) is 3. The van der Waals surface area contributed by atoms with Crippen LogP contribution in [-0.2, 0) is 11.3 Å². The van der Waals surface area contributed by atoms with Crippen LogP contribution in [0.4, 0.5) is 5.69 Å². The highest BCUT2D eigenvalue weighted by atomic mass is 79.9. The van der Waals surface area contributed by atoms with E-state index in [1.165, 1.54) is 18.4 Å². The molecule has 0 heterocycles. The number of nitrogen functional groups attached to an aromatic ring is 1. The third-order valence-corrected chi connectivity index (χ3v) is 3.77. The van der Waals surface area contributed by atoms with Crippen molar-refractivity contribution in [2.45, 2.75) is 25.8 Å². The molecule has 100 valence electrons. The molecule has 3 N–H and O–H groups in total. The molecular weight excluding hydrogens is 292 g/mol. The van der Waals surface area contributed by atoms with E-state index in [1.54, 1.807) is 0 Å². The minimum absolute atomic E-state index is 0.784. The van der Waals surface area contributed by atoms with E-state index in [9.17, 15) is 0 Å². The largest absolute Gasteiger partial charge is 0.398 e. The van der Waals surface area contributed by atoms with E-state index in [1.807, 2.05) is 6.07 Å². The molecule has 0 atom stereocenters. The van der Waals surface area contributed by atoms with Crippen LogP contribution in [0.3, 0.4) is 0 Å². The van der Waals surface area contributed by atoms with Gasteiger partial charge in [-0.3, -0.25) is 0 Å². The monoisotopic (exact) mass is 312 g/mol. The molecule has 3 nitrogen and oxygen atoms in total. The number of nitrogens with two attached hydrogens (primary N) is 1. The average molecular weight is 313 g/mol. The second-order valence-electron chi connectivity index (χ2n) is 4.90. The Morgan fingerprint density at radius 3 is 2.94 bits per heavy atom. The van der Waals surface area contributed by atoms with Gasteiger partial charge in [0.15, 0.2) is 0 Å². The quantitative estimate of drug-likeness (QED) is 0.573. The molecule has 1 saturated carbocycles. The molecule has 0 spiro atoms. The summed E-state index contributed by atoms with van der Waals surface area (Å²) >= 11 is 3.44. The van der Waals surface area contributed by atoms with Gasteiger partial charge < -0.3 is 15.8 Å². The van der Waals surface area contributed by atoms with Gasteiger partial charge in [-0.2, -0.15) is 0 Å². The minimum Gasteiger partial charge on any atom is -0.398 e. The van der Waals surface area contributed by atoms with E-state index >= 15 is 0 Å². The standard InChI is InChI=1S/C14H21BrN2O/c15-13-8-12(4-5-14(13)16)9-17-6-1-7-18-10-11-2-3-11/h4-5,8,11,17H,1-3,6-7,9-10,16H2. The fraction of sp³-hybridized carbons (Fsp3) is 0.571.